The van der Waals surface area contributed by atoms with Gasteiger partial charge in [-0.25, -0.2) is 4.39 Å². The molecule has 1 atom stereocenters. The van der Waals surface area contributed by atoms with Crippen molar-refractivity contribution in [1.29, 1.82) is 0 Å². The SMILES string of the molecule is CCCNC(c1ccc(F)c(Br)c1)c1ccccc1Cl. The largest absolute Gasteiger partial charge is 0.306 e. The van der Waals surface area contributed by atoms with Gasteiger partial charge in [-0.05, 0) is 58.2 Å². The first-order valence-corrected chi connectivity index (χ1v) is 7.73. The maximum Gasteiger partial charge on any atom is 0.137 e. The van der Waals surface area contributed by atoms with Crippen LogP contribution in [0.15, 0.2) is 46.9 Å². The third-order valence-corrected chi connectivity index (χ3v) is 4.04. The van der Waals surface area contributed by atoms with E-state index in [0.29, 0.717) is 9.50 Å². The van der Waals surface area contributed by atoms with Crippen LogP contribution in [0, 0.1) is 5.82 Å². The monoisotopic (exact) mass is 355 g/mol. The Kier molecular flexibility index (Phi) is 5.58. The van der Waals surface area contributed by atoms with Crippen molar-refractivity contribution in [2.75, 3.05) is 6.54 Å². The lowest BCUT2D eigenvalue weighted by atomic mass is 9.98. The standard InChI is InChI=1S/C16H16BrClFN/c1-2-9-20-16(12-5-3-4-6-14(12)18)11-7-8-15(19)13(17)10-11/h3-8,10,16,20H,2,9H2,1H3. The first-order chi connectivity index (χ1) is 9.63. The predicted molar refractivity (Wildman–Crippen MR) is 85.7 cm³/mol. The van der Waals surface area contributed by atoms with E-state index in [4.69, 9.17) is 11.6 Å². The van der Waals surface area contributed by atoms with Crippen molar-refractivity contribution in [3.05, 3.63) is 68.9 Å². The second-order valence-electron chi connectivity index (χ2n) is 4.58. The molecule has 0 aromatic heterocycles. The van der Waals surface area contributed by atoms with E-state index in [2.05, 4.69) is 28.2 Å². The molecule has 1 nitrogen and oxygen atoms in total. The van der Waals surface area contributed by atoms with Crippen molar-refractivity contribution in [2.24, 2.45) is 0 Å². The summed E-state index contributed by atoms with van der Waals surface area (Å²) in [6.45, 7) is 2.97. The fraction of sp³-hybridized carbons (Fsp3) is 0.250. The molecule has 0 spiro atoms. The first-order valence-electron chi connectivity index (χ1n) is 6.56. The second kappa shape index (κ2) is 7.21. The molecule has 2 rings (SSSR count). The molecule has 0 aliphatic carbocycles. The molecule has 106 valence electrons. The Morgan fingerprint density at radius 1 is 1.25 bits per heavy atom. The van der Waals surface area contributed by atoms with E-state index in [1.807, 2.05) is 24.3 Å². The summed E-state index contributed by atoms with van der Waals surface area (Å²) in [6, 6.07) is 12.7. The lowest BCUT2D eigenvalue weighted by molar-refractivity contribution is 0.591. The lowest BCUT2D eigenvalue weighted by Gasteiger charge is -2.21. The highest BCUT2D eigenvalue weighted by atomic mass is 79.9. The Balaban J connectivity index is 2.41. The summed E-state index contributed by atoms with van der Waals surface area (Å²) in [5.41, 5.74) is 1.99. The molecule has 0 aliphatic heterocycles. The van der Waals surface area contributed by atoms with Crippen molar-refractivity contribution >= 4 is 27.5 Å². The van der Waals surface area contributed by atoms with Gasteiger partial charge < -0.3 is 5.32 Å². The van der Waals surface area contributed by atoms with Crippen LogP contribution in [0.5, 0.6) is 0 Å². The van der Waals surface area contributed by atoms with Crippen LogP contribution < -0.4 is 5.32 Å². The number of rotatable bonds is 5. The lowest BCUT2D eigenvalue weighted by Crippen LogP contribution is -2.23. The first kappa shape index (κ1) is 15.5. The van der Waals surface area contributed by atoms with Crippen LogP contribution in [-0.2, 0) is 0 Å². The van der Waals surface area contributed by atoms with Crippen LogP contribution in [0.3, 0.4) is 0 Å². The predicted octanol–water partition coefficient (Wildman–Crippen LogP) is 5.33. The third kappa shape index (κ3) is 3.60. The number of nitrogens with one attached hydrogen (secondary N) is 1. The fourth-order valence-corrected chi connectivity index (χ4v) is 2.74. The topological polar surface area (TPSA) is 12.0 Å². The molecule has 4 heteroatoms. The van der Waals surface area contributed by atoms with Gasteiger partial charge in [0.1, 0.15) is 5.82 Å². The van der Waals surface area contributed by atoms with Gasteiger partial charge >= 0.3 is 0 Å². The Hall–Kier alpha value is -0.900. The van der Waals surface area contributed by atoms with Gasteiger partial charge in [0.25, 0.3) is 0 Å². The summed E-state index contributed by atoms with van der Waals surface area (Å²) in [7, 11) is 0. The molecule has 0 heterocycles. The minimum Gasteiger partial charge on any atom is -0.306 e. The average molecular weight is 357 g/mol. The van der Waals surface area contributed by atoms with Gasteiger partial charge in [0.05, 0.1) is 10.5 Å². The Labute approximate surface area is 132 Å². The number of benzene rings is 2. The highest BCUT2D eigenvalue weighted by Crippen LogP contribution is 2.30. The number of hydrogen-bond donors (Lipinski definition) is 1. The van der Waals surface area contributed by atoms with Crippen LogP contribution in [-0.4, -0.2) is 6.54 Å². The van der Waals surface area contributed by atoms with Crippen LogP contribution in [0.1, 0.15) is 30.5 Å². The average Bonchev–Trinajstić information content (AvgIpc) is 2.44. The van der Waals surface area contributed by atoms with E-state index in [0.717, 1.165) is 24.1 Å². The smallest absolute Gasteiger partial charge is 0.137 e. The van der Waals surface area contributed by atoms with E-state index in [-0.39, 0.29) is 11.9 Å². The third-order valence-electron chi connectivity index (χ3n) is 3.09. The summed E-state index contributed by atoms with van der Waals surface area (Å²) in [5, 5.41) is 4.17. The second-order valence-corrected chi connectivity index (χ2v) is 5.84. The molecule has 2 aromatic carbocycles. The van der Waals surface area contributed by atoms with Crippen molar-refractivity contribution in [3.8, 4) is 0 Å². The molecule has 0 aliphatic rings. The quantitative estimate of drug-likeness (QED) is 0.763. The summed E-state index contributed by atoms with van der Waals surface area (Å²) in [4.78, 5) is 0. The van der Waals surface area contributed by atoms with E-state index in [9.17, 15) is 4.39 Å². The summed E-state index contributed by atoms with van der Waals surface area (Å²) in [5.74, 6) is -0.262. The summed E-state index contributed by atoms with van der Waals surface area (Å²) < 4.78 is 13.9. The molecule has 0 saturated carbocycles. The van der Waals surface area contributed by atoms with Gasteiger partial charge in [0, 0.05) is 5.02 Å². The maximum atomic E-state index is 13.4. The number of halogens is 3. The molecule has 0 saturated heterocycles. The van der Waals surface area contributed by atoms with Crippen LogP contribution in [0.25, 0.3) is 0 Å². The van der Waals surface area contributed by atoms with Gasteiger partial charge in [0.2, 0.25) is 0 Å². The molecule has 0 fully saturated rings. The molecule has 2 aromatic rings. The normalized spacial score (nSPS) is 12.4. The highest BCUT2D eigenvalue weighted by molar-refractivity contribution is 9.10. The molecule has 0 amide bonds. The zero-order chi connectivity index (χ0) is 14.5. The van der Waals surface area contributed by atoms with Gasteiger partial charge in [-0.1, -0.05) is 42.8 Å². The maximum absolute atomic E-state index is 13.4. The van der Waals surface area contributed by atoms with Crippen LogP contribution in [0.4, 0.5) is 4.39 Å². The molecular weight excluding hydrogens is 341 g/mol. The highest BCUT2D eigenvalue weighted by Gasteiger charge is 2.17. The summed E-state index contributed by atoms with van der Waals surface area (Å²) >= 11 is 9.53. The van der Waals surface area contributed by atoms with Crippen molar-refractivity contribution < 1.29 is 4.39 Å². The zero-order valence-corrected chi connectivity index (χ0v) is 13.5. The molecule has 1 N–H and O–H groups in total. The van der Waals surface area contributed by atoms with Crippen LogP contribution in [0.2, 0.25) is 5.02 Å². The van der Waals surface area contributed by atoms with E-state index in [1.165, 1.54) is 6.07 Å². The van der Waals surface area contributed by atoms with Crippen molar-refractivity contribution in [2.45, 2.75) is 19.4 Å². The molecular formula is C16H16BrClFN. The van der Waals surface area contributed by atoms with E-state index >= 15 is 0 Å². The Morgan fingerprint density at radius 2 is 2.00 bits per heavy atom. The van der Waals surface area contributed by atoms with Crippen molar-refractivity contribution in [3.63, 3.8) is 0 Å². The zero-order valence-electron chi connectivity index (χ0n) is 11.2. The number of hydrogen-bond acceptors (Lipinski definition) is 1. The van der Waals surface area contributed by atoms with Gasteiger partial charge in [-0.3, -0.25) is 0 Å². The van der Waals surface area contributed by atoms with Crippen molar-refractivity contribution in [1.82, 2.24) is 5.32 Å². The van der Waals surface area contributed by atoms with Gasteiger partial charge in [-0.15, -0.1) is 0 Å². The molecule has 0 bridgehead atoms. The van der Waals surface area contributed by atoms with Gasteiger partial charge in [0.15, 0.2) is 0 Å². The molecule has 20 heavy (non-hydrogen) atoms. The Morgan fingerprint density at radius 3 is 2.65 bits per heavy atom. The van der Waals surface area contributed by atoms with Crippen LogP contribution >= 0.6 is 27.5 Å². The van der Waals surface area contributed by atoms with Gasteiger partial charge in [-0.2, -0.15) is 0 Å². The molecule has 1 unspecified atom stereocenters. The minimum absolute atomic E-state index is 0.0412. The van der Waals surface area contributed by atoms with E-state index in [1.54, 1.807) is 12.1 Å². The summed E-state index contributed by atoms with van der Waals surface area (Å²) in [6.07, 6.45) is 1.02. The Bertz CT molecular complexity index is 588. The minimum atomic E-state index is -0.262. The molecule has 0 radical (unpaired) electrons. The van der Waals surface area contributed by atoms with E-state index < -0.39 is 0 Å². The fourth-order valence-electron chi connectivity index (χ4n) is 2.10.